The van der Waals surface area contributed by atoms with Gasteiger partial charge in [0.15, 0.2) is 17.5 Å². The van der Waals surface area contributed by atoms with Crippen LogP contribution in [0.25, 0.3) is 0 Å². The molecule has 15 heavy (non-hydrogen) atoms. The van der Waals surface area contributed by atoms with Crippen molar-refractivity contribution >= 4 is 12.4 Å². The third-order valence-corrected chi connectivity index (χ3v) is 2.52. The highest BCUT2D eigenvalue weighted by atomic mass is 35.5. The van der Waals surface area contributed by atoms with Crippen molar-refractivity contribution in [3.8, 4) is 0 Å². The second-order valence-electron chi connectivity index (χ2n) is 3.66. The SMILES string of the molecule is Cl.N[C@H](c1cc(F)c(F)c(F)c1)C1CC1. The third-order valence-electron chi connectivity index (χ3n) is 2.52. The normalized spacial score (nSPS) is 17.1. The number of hydrogen-bond acceptors (Lipinski definition) is 1. The molecule has 0 radical (unpaired) electrons. The molecule has 1 atom stereocenters. The second kappa shape index (κ2) is 4.41. The van der Waals surface area contributed by atoms with Crippen LogP contribution in [0.3, 0.4) is 0 Å². The Morgan fingerprint density at radius 3 is 2.00 bits per heavy atom. The van der Waals surface area contributed by atoms with Gasteiger partial charge in [-0.05, 0) is 36.5 Å². The number of benzene rings is 1. The number of halogens is 4. The fraction of sp³-hybridized carbons (Fsp3) is 0.400. The first-order chi connectivity index (χ1) is 6.59. The van der Waals surface area contributed by atoms with Gasteiger partial charge in [-0.25, -0.2) is 13.2 Å². The van der Waals surface area contributed by atoms with Crippen LogP contribution in [0.5, 0.6) is 0 Å². The van der Waals surface area contributed by atoms with Crippen molar-refractivity contribution in [1.29, 1.82) is 0 Å². The van der Waals surface area contributed by atoms with E-state index in [-0.39, 0.29) is 18.4 Å². The Balaban J connectivity index is 0.00000112. The zero-order valence-corrected chi connectivity index (χ0v) is 8.66. The molecule has 1 aliphatic carbocycles. The minimum absolute atomic E-state index is 0. The van der Waals surface area contributed by atoms with E-state index in [1.807, 2.05) is 0 Å². The Morgan fingerprint density at radius 2 is 1.60 bits per heavy atom. The molecule has 0 heterocycles. The van der Waals surface area contributed by atoms with E-state index in [0.29, 0.717) is 11.5 Å². The van der Waals surface area contributed by atoms with Gasteiger partial charge in [-0.1, -0.05) is 0 Å². The zero-order chi connectivity index (χ0) is 10.3. The van der Waals surface area contributed by atoms with E-state index in [1.165, 1.54) is 0 Å². The smallest absolute Gasteiger partial charge is 0.194 e. The number of rotatable bonds is 2. The maximum Gasteiger partial charge on any atom is 0.194 e. The van der Waals surface area contributed by atoms with E-state index in [9.17, 15) is 13.2 Å². The lowest BCUT2D eigenvalue weighted by Crippen LogP contribution is -2.13. The highest BCUT2D eigenvalue weighted by Crippen LogP contribution is 2.39. The Labute approximate surface area is 91.9 Å². The van der Waals surface area contributed by atoms with Crippen molar-refractivity contribution in [2.24, 2.45) is 11.7 Å². The Hall–Kier alpha value is -0.740. The zero-order valence-electron chi connectivity index (χ0n) is 7.84. The molecule has 1 aromatic carbocycles. The Bertz CT molecular complexity index is 343. The molecule has 0 aliphatic heterocycles. The van der Waals surface area contributed by atoms with Crippen molar-refractivity contribution in [2.75, 3.05) is 0 Å². The van der Waals surface area contributed by atoms with Gasteiger partial charge in [0.25, 0.3) is 0 Å². The van der Waals surface area contributed by atoms with E-state index in [2.05, 4.69) is 0 Å². The lowest BCUT2D eigenvalue weighted by molar-refractivity contribution is 0.442. The molecule has 5 heteroatoms. The number of hydrogen-bond donors (Lipinski definition) is 1. The summed E-state index contributed by atoms with van der Waals surface area (Å²) in [6.07, 6.45) is 1.95. The molecule has 0 aromatic heterocycles. The first-order valence-electron chi connectivity index (χ1n) is 4.49. The van der Waals surface area contributed by atoms with Gasteiger partial charge in [-0.3, -0.25) is 0 Å². The van der Waals surface area contributed by atoms with Crippen LogP contribution in [-0.4, -0.2) is 0 Å². The van der Waals surface area contributed by atoms with Gasteiger partial charge in [-0.2, -0.15) is 0 Å². The summed E-state index contributed by atoms with van der Waals surface area (Å²) < 4.78 is 38.2. The van der Waals surface area contributed by atoms with Crippen molar-refractivity contribution in [3.63, 3.8) is 0 Å². The van der Waals surface area contributed by atoms with Crippen LogP contribution in [0.15, 0.2) is 12.1 Å². The van der Waals surface area contributed by atoms with Crippen LogP contribution >= 0.6 is 12.4 Å². The molecule has 1 saturated carbocycles. The van der Waals surface area contributed by atoms with Gasteiger partial charge in [0, 0.05) is 6.04 Å². The minimum Gasteiger partial charge on any atom is -0.324 e. The average molecular weight is 238 g/mol. The highest BCUT2D eigenvalue weighted by Gasteiger charge is 2.30. The van der Waals surface area contributed by atoms with Crippen LogP contribution in [-0.2, 0) is 0 Å². The summed E-state index contributed by atoms with van der Waals surface area (Å²) >= 11 is 0. The second-order valence-corrected chi connectivity index (χ2v) is 3.66. The quantitative estimate of drug-likeness (QED) is 0.787. The molecule has 1 aliphatic rings. The summed E-state index contributed by atoms with van der Waals surface area (Å²) in [5.41, 5.74) is 6.07. The van der Waals surface area contributed by atoms with Gasteiger partial charge in [0.1, 0.15) is 0 Å². The van der Waals surface area contributed by atoms with Crippen LogP contribution < -0.4 is 5.73 Å². The molecule has 84 valence electrons. The fourth-order valence-electron chi connectivity index (χ4n) is 1.50. The first kappa shape index (κ1) is 12.3. The van der Waals surface area contributed by atoms with Crippen molar-refractivity contribution in [3.05, 3.63) is 35.1 Å². The molecule has 1 nitrogen and oxygen atoms in total. The highest BCUT2D eigenvalue weighted by molar-refractivity contribution is 5.85. The van der Waals surface area contributed by atoms with E-state index in [1.54, 1.807) is 0 Å². The predicted octanol–water partition coefficient (Wildman–Crippen LogP) is 2.94. The van der Waals surface area contributed by atoms with Crippen molar-refractivity contribution in [1.82, 2.24) is 0 Å². The van der Waals surface area contributed by atoms with E-state index >= 15 is 0 Å². The first-order valence-corrected chi connectivity index (χ1v) is 4.49. The molecule has 2 N–H and O–H groups in total. The topological polar surface area (TPSA) is 26.0 Å². The lowest BCUT2D eigenvalue weighted by atomic mass is 10.0. The molecular formula is C10H11ClF3N. The average Bonchev–Trinajstić information content (AvgIpc) is 2.95. The molecule has 0 saturated heterocycles. The van der Waals surface area contributed by atoms with Gasteiger partial charge >= 0.3 is 0 Å². The maximum absolute atomic E-state index is 12.8. The molecule has 0 spiro atoms. The van der Waals surface area contributed by atoms with Crippen LogP contribution in [0, 0.1) is 23.4 Å². The summed E-state index contributed by atoms with van der Waals surface area (Å²) in [6, 6.07) is 1.57. The van der Waals surface area contributed by atoms with E-state index < -0.39 is 17.5 Å². The van der Waals surface area contributed by atoms with Gasteiger partial charge in [0.2, 0.25) is 0 Å². The molecule has 2 rings (SSSR count). The molecule has 1 aromatic rings. The molecule has 1 fully saturated rings. The maximum atomic E-state index is 12.8. The van der Waals surface area contributed by atoms with Gasteiger partial charge in [0.05, 0.1) is 0 Å². The summed E-state index contributed by atoms with van der Waals surface area (Å²) in [6.45, 7) is 0. The predicted molar refractivity (Wildman–Crippen MR) is 53.2 cm³/mol. The Morgan fingerprint density at radius 1 is 1.13 bits per heavy atom. The molecule has 0 unspecified atom stereocenters. The Kier molecular flexibility index (Phi) is 3.62. The number of nitrogens with two attached hydrogens (primary N) is 1. The minimum atomic E-state index is -1.43. The summed E-state index contributed by atoms with van der Waals surface area (Å²) in [5, 5.41) is 0. The summed E-state index contributed by atoms with van der Waals surface area (Å²) in [7, 11) is 0. The fourth-order valence-corrected chi connectivity index (χ4v) is 1.50. The third kappa shape index (κ3) is 2.44. The molecular weight excluding hydrogens is 227 g/mol. The molecule has 0 bridgehead atoms. The van der Waals surface area contributed by atoms with Crippen molar-refractivity contribution in [2.45, 2.75) is 18.9 Å². The van der Waals surface area contributed by atoms with Gasteiger partial charge < -0.3 is 5.73 Å². The standard InChI is InChI=1S/C10H10F3N.ClH/c11-7-3-6(4-8(12)9(7)13)10(14)5-1-2-5;/h3-5,10H,1-2,14H2;1H/t10-;/m0./s1. The summed E-state index contributed by atoms with van der Waals surface area (Å²) in [5.74, 6) is -3.48. The van der Waals surface area contributed by atoms with Crippen LogP contribution in [0.1, 0.15) is 24.4 Å². The van der Waals surface area contributed by atoms with Crippen LogP contribution in [0.4, 0.5) is 13.2 Å². The van der Waals surface area contributed by atoms with E-state index in [0.717, 1.165) is 25.0 Å². The lowest BCUT2D eigenvalue weighted by Gasteiger charge is -2.10. The summed E-state index contributed by atoms with van der Waals surface area (Å²) in [4.78, 5) is 0. The van der Waals surface area contributed by atoms with Crippen molar-refractivity contribution < 1.29 is 13.2 Å². The van der Waals surface area contributed by atoms with E-state index in [4.69, 9.17) is 5.73 Å². The largest absolute Gasteiger partial charge is 0.324 e. The molecule has 0 amide bonds. The van der Waals surface area contributed by atoms with Crippen LogP contribution in [0.2, 0.25) is 0 Å². The van der Waals surface area contributed by atoms with Gasteiger partial charge in [-0.15, -0.1) is 12.4 Å². The monoisotopic (exact) mass is 237 g/mol.